The van der Waals surface area contributed by atoms with Gasteiger partial charge in [0.1, 0.15) is 5.82 Å². The van der Waals surface area contributed by atoms with Crippen LogP contribution in [0.1, 0.15) is 18.1 Å². The summed E-state index contributed by atoms with van der Waals surface area (Å²) in [5.74, 6) is -0.310. The molecule has 0 radical (unpaired) electrons. The molecule has 0 bridgehead atoms. The lowest BCUT2D eigenvalue weighted by Crippen LogP contribution is -2.31. The summed E-state index contributed by atoms with van der Waals surface area (Å²) in [6, 6.07) is 17.0. The van der Waals surface area contributed by atoms with Gasteiger partial charge in [-0.2, -0.15) is 0 Å². The summed E-state index contributed by atoms with van der Waals surface area (Å²) in [6.45, 7) is 1.25. The van der Waals surface area contributed by atoms with Crippen molar-refractivity contribution in [2.75, 3.05) is 29.2 Å². The number of nitrogens with zero attached hydrogens (tertiary/aromatic N) is 4. The van der Waals surface area contributed by atoms with E-state index in [9.17, 15) is 19.7 Å². The maximum absolute atomic E-state index is 13.4. The zero-order valence-corrected chi connectivity index (χ0v) is 18.3. The zero-order chi connectivity index (χ0) is 23.7. The quantitative estimate of drug-likeness (QED) is 0.361. The molecule has 9 heteroatoms. The van der Waals surface area contributed by atoms with Crippen LogP contribution in [0.15, 0.2) is 66.9 Å². The Morgan fingerprint density at radius 2 is 1.82 bits per heavy atom. The minimum atomic E-state index is -0.556. The van der Waals surface area contributed by atoms with Crippen LogP contribution in [0, 0.1) is 10.1 Å². The summed E-state index contributed by atoms with van der Waals surface area (Å²) in [7, 11) is 3.77. The topological polar surface area (TPSA) is 109 Å². The highest BCUT2D eigenvalue weighted by molar-refractivity contribution is 6.43. The Morgan fingerprint density at radius 3 is 2.39 bits per heavy atom. The van der Waals surface area contributed by atoms with Gasteiger partial charge in [0.25, 0.3) is 11.6 Å². The second-order valence-electron chi connectivity index (χ2n) is 7.66. The standard InChI is InChI=1S/C24H21N5O4/c1-15(30)28-20-13-18(29(32)33)10-11-19(20)22(24(28)31)23(16-7-5-4-6-8-16)26-17-9-12-21(25-14-17)27(2)3/h4-14,26H,1-3H3/b23-22-. The fourth-order valence-electron chi connectivity index (χ4n) is 3.67. The molecule has 0 unspecified atom stereocenters. The average molecular weight is 443 g/mol. The molecule has 4 rings (SSSR count). The molecule has 1 N–H and O–H groups in total. The van der Waals surface area contributed by atoms with Gasteiger partial charge in [0, 0.05) is 38.7 Å². The third-order valence-corrected chi connectivity index (χ3v) is 5.22. The highest BCUT2D eigenvalue weighted by atomic mass is 16.6. The van der Waals surface area contributed by atoms with Crippen LogP contribution in [0.2, 0.25) is 0 Å². The van der Waals surface area contributed by atoms with Gasteiger partial charge < -0.3 is 10.2 Å². The lowest BCUT2D eigenvalue weighted by molar-refractivity contribution is -0.384. The number of imide groups is 1. The lowest BCUT2D eigenvalue weighted by atomic mass is 10.00. The Labute approximate surface area is 190 Å². The predicted molar refractivity (Wildman–Crippen MR) is 127 cm³/mol. The van der Waals surface area contributed by atoms with Crippen LogP contribution < -0.4 is 15.1 Å². The van der Waals surface area contributed by atoms with Gasteiger partial charge in [0.2, 0.25) is 5.91 Å². The van der Waals surface area contributed by atoms with E-state index in [0.29, 0.717) is 22.5 Å². The summed E-state index contributed by atoms with van der Waals surface area (Å²) < 4.78 is 0. The van der Waals surface area contributed by atoms with Crippen molar-refractivity contribution in [3.63, 3.8) is 0 Å². The molecule has 0 saturated heterocycles. The highest BCUT2D eigenvalue weighted by Crippen LogP contribution is 2.42. The molecular formula is C24H21N5O4. The molecule has 0 aliphatic carbocycles. The van der Waals surface area contributed by atoms with Crippen molar-refractivity contribution in [1.29, 1.82) is 0 Å². The molecule has 1 aromatic heterocycles. The van der Waals surface area contributed by atoms with Gasteiger partial charge in [0.15, 0.2) is 0 Å². The first-order chi connectivity index (χ1) is 15.8. The number of non-ortho nitro benzene ring substituents is 1. The number of hydrogen-bond donors (Lipinski definition) is 1. The second kappa shape index (κ2) is 8.54. The minimum absolute atomic E-state index is 0.188. The van der Waals surface area contributed by atoms with Gasteiger partial charge >= 0.3 is 0 Å². The molecule has 2 amide bonds. The SMILES string of the molecule is CC(=O)N1C(=O)/C(=C(\Nc2ccc(N(C)C)nc2)c2ccccc2)c2ccc([N+](=O)[O-])cc21. The lowest BCUT2D eigenvalue weighted by Gasteiger charge is -2.16. The fraction of sp³-hybridized carbons (Fsp3) is 0.125. The zero-order valence-electron chi connectivity index (χ0n) is 18.3. The van der Waals surface area contributed by atoms with E-state index in [4.69, 9.17) is 0 Å². The molecule has 2 aromatic carbocycles. The Balaban J connectivity index is 1.92. The number of nitro groups is 1. The van der Waals surface area contributed by atoms with E-state index in [1.807, 2.05) is 61.5 Å². The van der Waals surface area contributed by atoms with Crippen molar-refractivity contribution in [3.8, 4) is 0 Å². The molecule has 3 aromatic rings. The molecule has 9 nitrogen and oxygen atoms in total. The van der Waals surface area contributed by atoms with Crippen molar-refractivity contribution in [2.24, 2.45) is 0 Å². The fourth-order valence-corrected chi connectivity index (χ4v) is 3.67. The van der Waals surface area contributed by atoms with E-state index in [1.54, 1.807) is 6.20 Å². The van der Waals surface area contributed by atoms with E-state index in [-0.39, 0.29) is 16.9 Å². The van der Waals surface area contributed by atoms with E-state index in [2.05, 4.69) is 10.3 Å². The van der Waals surface area contributed by atoms with Gasteiger partial charge in [-0.1, -0.05) is 30.3 Å². The van der Waals surface area contributed by atoms with E-state index >= 15 is 0 Å². The van der Waals surface area contributed by atoms with E-state index < -0.39 is 16.7 Å². The molecule has 33 heavy (non-hydrogen) atoms. The molecule has 2 heterocycles. The van der Waals surface area contributed by atoms with Crippen molar-refractivity contribution in [1.82, 2.24) is 4.98 Å². The van der Waals surface area contributed by atoms with Crippen molar-refractivity contribution >= 4 is 46.0 Å². The summed E-state index contributed by atoms with van der Waals surface area (Å²) in [5.41, 5.74) is 2.50. The average Bonchev–Trinajstić information content (AvgIpc) is 3.09. The number of rotatable bonds is 5. The van der Waals surface area contributed by atoms with Gasteiger partial charge in [-0.05, 0) is 23.8 Å². The molecule has 1 aliphatic heterocycles. The number of amides is 2. The van der Waals surface area contributed by atoms with Crippen molar-refractivity contribution in [2.45, 2.75) is 6.92 Å². The molecule has 0 fully saturated rings. The number of anilines is 3. The molecule has 1 aliphatic rings. The third-order valence-electron chi connectivity index (χ3n) is 5.22. The first kappa shape index (κ1) is 21.7. The summed E-state index contributed by atoms with van der Waals surface area (Å²) >= 11 is 0. The second-order valence-corrected chi connectivity index (χ2v) is 7.66. The number of carbonyl (C=O) groups is 2. The minimum Gasteiger partial charge on any atom is -0.363 e. The number of nitro benzene ring substituents is 1. The molecule has 0 atom stereocenters. The van der Waals surface area contributed by atoms with E-state index in [1.165, 1.54) is 25.1 Å². The number of nitrogens with one attached hydrogen (secondary N) is 1. The smallest absolute Gasteiger partial charge is 0.271 e. The monoisotopic (exact) mass is 443 g/mol. The Hall–Kier alpha value is -4.53. The van der Waals surface area contributed by atoms with Gasteiger partial charge in [-0.3, -0.25) is 19.7 Å². The highest BCUT2D eigenvalue weighted by Gasteiger charge is 2.38. The first-order valence-electron chi connectivity index (χ1n) is 10.1. The van der Waals surface area contributed by atoms with Gasteiger partial charge in [0.05, 0.1) is 33.8 Å². The number of benzene rings is 2. The number of hydrogen-bond acceptors (Lipinski definition) is 7. The molecule has 166 valence electrons. The van der Waals surface area contributed by atoms with Crippen LogP contribution >= 0.6 is 0 Å². The molecule has 0 spiro atoms. The normalized spacial score (nSPS) is 14.0. The Kier molecular flexibility index (Phi) is 5.61. The van der Waals surface area contributed by atoms with Crippen LogP contribution in [0.5, 0.6) is 0 Å². The molecule has 0 saturated carbocycles. The van der Waals surface area contributed by atoms with Crippen molar-refractivity contribution < 1.29 is 14.5 Å². The number of pyridine rings is 1. The molecular weight excluding hydrogens is 422 g/mol. The number of carbonyl (C=O) groups excluding carboxylic acids is 2. The summed E-state index contributed by atoms with van der Waals surface area (Å²) in [4.78, 5) is 43.8. The Bertz CT molecular complexity index is 1280. The van der Waals surface area contributed by atoms with E-state index in [0.717, 1.165) is 10.7 Å². The van der Waals surface area contributed by atoms with Gasteiger partial charge in [-0.25, -0.2) is 9.88 Å². The van der Waals surface area contributed by atoms with Gasteiger partial charge in [-0.15, -0.1) is 0 Å². The summed E-state index contributed by atoms with van der Waals surface area (Å²) in [6.07, 6.45) is 1.65. The predicted octanol–water partition coefficient (Wildman–Crippen LogP) is 3.93. The number of fused-ring (bicyclic) bond motifs is 1. The van der Waals surface area contributed by atoms with Crippen LogP contribution in [-0.4, -0.2) is 35.8 Å². The van der Waals surface area contributed by atoms with Crippen LogP contribution in [0.4, 0.5) is 22.9 Å². The van der Waals surface area contributed by atoms with Crippen LogP contribution in [0.25, 0.3) is 11.3 Å². The first-order valence-corrected chi connectivity index (χ1v) is 10.1. The summed E-state index contributed by atoms with van der Waals surface area (Å²) in [5, 5.41) is 14.6. The maximum Gasteiger partial charge on any atom is 0.271 e. The van der Waals surface area contributed by atoms with Crippen LogP contribution in [-0.2, 0) is 9.59 Å². The third kappa shape index (κ3) is 4.03. The Morgan fingerprint density at radius 1 is 1.09 bits per heavy atom. The maximum atomic E-state index is 13.4. The van der Waals surface area contributed by atoms with Crippen LogP contribution in [0.3, 0.4) is 0 Å². The largest absolute Gasteiger partial charge is 0.363 e. The van der Waals surface area contributed by atoms with Crippen molar-refractivity contribution in [3.05, 3.63) is 88.1 Å². The number of aromatic nitrogens is 1.